The van der Waals surface area contributed by atoms with Crippen LogP contribution < -0.4 is 15.4 Å². The summed E-state index contributed by atoms with van der Waals surface area (Å²) in [4.78, 5) is 50.1. The summed E-state index contributed by atoms with van der Waals surface area (Å²) in [5.74, 6) is -2.19. The van der Waals surface area contributed by atoms with Gasteiger partial charge in [0.05, 0.1) is 23.7 Å². The molecule has 0 aliphatic rings. The maximum Gasteiger partial charge on any atom is 0.414 e. The number of hydrogen-bond acceptors (Lipinski definition) is 9. The van der Waals surface area contributed by atoms with Crippen molar-refractivity contribution in [2.24, 2.45) is 0 Å². The highest BCUT2D eigenvalue weighted by Crippen LogP contribution is 2.34. The van der Waals surface area contributed by atoms with Gasteiger partial charge in [0.1, 0.15) is 9.88 Å². The van der Waals surface area contributed by atoms with Crippen molar-refractivity contribution < 1.29 is 37.1 Å². The Morgan fingerprint density at radius 1 is 0.868 bits per heavy atom. The summed E-state index contributed by atoms with van der Waals surface area (Å²) in [5, 5.41) is 4.66. The predicted molar refractivity (Wildman–Crippen MR) is 141 cm³/mol. The maximum absolute atomic E-state index is 13.0. The number of sulfonamides is 1. The van der Waals surface area contributed by atoms with Gasteiger partial charge in [-0.1, -0.05) is 18.2 Å². The molecule has 2 aromatic carbocycles. The number of imide groups is 1. The first-order valence-corrected chi connectivity index (χ1v) is 13.6. The Balaban J connectivity index is 1.84. The lowest BCUT2D eigenvalue weighted by Crippen LogP contribution is -2.32. The molecule has 38 heavy (non-hydrogen) atoms. The molecular weight excluding hydrogens is 534 g/mol. The van der Waals surface area contributed by atoms with E-state index in [2.05, 4.69) is 15.4 Å². The molecule has 0 aliphatic heterocycles. The van der Waals surface area contributed by atoms with Crippen molar-refractivity contribution in [3.8, 4) is 0 Å². The van der Waals surface area contributed by atoms with Gasteiger partial charge in [0, 0.05) is 11.3 Å². The van der Waals surface area contributed by atoms with E-state index in [0.717, 1.165) is 11.3 Å². The fraction of sp³-hybridized carbons (Fsp3) is 0.200. The Morgan fingerprint density at radius 3 is 2.11 bits per heavy atom. The number of carbonyl (C=O) groups is 4. The van der Waals surface area contributed by atoms with Crippen LogP contribution in [0.4, 0.5) is 15.5 Å². The van der Waals surface area contributed by atoms with Crippen LogP contribution in [0, 0.1) is 6.92 Å². The molecule has 0 radical (unpaired) electrons. The Bertz CT molecular complexity index is 1450. The molecule has 200 valence electrons. The Labute approximate surface area is 223 Å². The van der Waals surface area contributed by atoms with E-state index in [1.165, 1.54) is 43.3 Å². The van der Waals surface area contributed by atoms with Crippen molar-refractivity contribution in [1.82, 2.24) is 5.32 Å². The number of rotatable bonds is 9. The lowest BCUT2D eigenvalue weighted by atomic mass is 10.1. The molecule has 3 aromatic rings. The largest absolute Gasteiger partial charge is 0.462 e. The van der Waals surface area contributed by atoms with Gasteiger partial charge < -0.3 is 14.8 Å². The average Bonchev–Trinajstić information content (AvgIpc) is 3.20. The maximum atomic E-state index is 13.0. The molecule has 0 aliphatic carbocycles. The van der Waals surface area contributed by atoms with Gasteiger partial charge in [0.25, 0.3) is 21.8 Å². The molecule has 3 rings (SSSR count). The third kappa shape index (κ3) is 6.75. The highest BCUT2D eigenvalue weighted by molar-refractivity contribution is 7.92. The third-order valence-corrected chi connectivity index (χ3v) is 7.59. The second kappa shape index (κ2) is 12.3. The van der Waals surface area contributed by atoms with E-state index in [0.29, 0.717) is 0 Å². The molecule has 0 bridgehead atoms. The molecule has 0 fully saturated rings. The molecule has 3 amide bonds. The number of nitrogens with one attached hydrogen (secondary N) is 3. The van der Waals surface area contributed by atoms with Crippen LogP contribution in [-0.4, -0.2) is 45.5 Å². The van der Waals surface area contributed by atoms with Gasteiger partial charge in [-0.05, 0) is 62.7 Å². The van der Waals surface area contributed by atoms with Gasteiger partial charge in [0.2, 0.25) is 0 Å². The number of carbonyl (C=O) groups excluding carboxylic acids is 4. The fourth-order valence-electron chi connectivity index (χ4n) is 3.27. The topological polar surface area (TPSA) is 157 Å². The van der Waals surface area contributed by atoms with Crippen molar-refractivity contribution in [3.05, 3.63) is 76.2 Å². The van der Waals surface area contributed by atoms with E-state index >= 15 is 0 Å². The number of hydrogen-bond donors (Lipinski definition) is 3. The zero-order valence-corrected chi connectivity index (χ0v) is 22.3. The van der Waals surface area contributed by atoms with Gasteiger partial charge in [0.15, 0.2) is 0 Å². The van der Waals surface area contributed by atoms with Gasteiger partial charge in [-0.3, -0.25) is 19.6 Å². The molecule has 11 nitrogen and oxygen atoms in total. The molecule has 13 heteroatoms. The SMILES string of the molecule is CCOC(=O)NC(=O)c1c(NC(=O)c2ccc(NS(=O)(=O)c3ccccc3)cc2)sc(C(=O)OCC)c1C. The second-order valence-electron chi connectivity index (χ2n) is 7.61. The Kier molecular flexibility index (Phi) is 9.20. The smallest absolute Gasteiger partial charge is 0.414 e. The van der Waals surface area contributed by atoms with Gasteiger partial charge in [-0.15, -0.1) is 11.3 Å². The van der Waals surface area contributed by atoms with Crippen molar-refractivity contribution in [3.63, 3.8) is 0 Å². The van der Waals surface area contributed by atoms with Gasteiger partial charge in [-0.25, -0.2) is 18.0 Å². The highest BCUT2D eigenvalue weighted by atomic mass is 32.2. The molecule has 0 unspecified atom stereocenters. The lowest BCUT2D eigenvalue weighted by molar-refractivity contribution is 0.0531. The van der Waals surface area contributed by atoms with Crippen LogP contribution in [0.1, 0.15) is 49.8 Å². The van der Waals surface area contributed by atoms with Crippen LogP contribution in [0.2, 0.25) is 0 Å². The van der Waals surface area contributed by atoms with Crippen LogP contribution in [0.5, 0.6) is 0 Å². The van der Waals surface area contributed by atoms with Crippen molar-refractivity contribution >= 4 is 55.9 Å². The highest BCUT2D eigenvalue weighted by Gasteiger charge is 2.28. The Hall–Kier alpha value is -4.23. The summed E-state index contributed by atoms with van der Waals surface area (Å²) < 4.78 is 37.2. The molecule has 1 heterocycles. The minimum absolute atomic E-state index is 0.0196. The monoisotopic (exact) mass is 559 g/mol. The van der Waals surface area contributed by atoms with E-state index in [1.54, 1.807) is 32.0 Å². The number of thiophene rings is 1. The van der Waals surface area contributed by atoms with E-state index in [9.17, 15) is 27.6 Å². The fourth-order valence-corrected chi connectivity index (χ4v) is 5.44. The van der Waals surface area contributed by atoms with E-state index in [1.807, 2.05) is 0 Å². The van der Waals surface area contributed by atoms with E-state index in [-0.39, 0.29) is 50.4 Å². The Morgan fingerprint density at radius 2 is 1.50 bits per heavy atom. The van der Waals surface area contributed by atoms with Crippen LogP contribution >= 0.6 is 11.3 Å². The normalized spacial score (nSPS) is 10.8. The summed E-state index contributed by atoms with van der Waals surface area (Å²) in [6.07, 6.45) is -0.980. The number of alkyl carbamates (subject to hydrolysis) is 1. The van der Waals surface area contributed by atoms with Crippen LogP contribution in [-0.2, 0) is 19.5 Å². The second-order valence-corrected chi connectivity index (χ2v) is 10.3. The number of ether oxygens (including phenoxy) is 2. The molecule has 3 N–H and O–H groups in total. The average molecular weight is 560 g/mol. The van der Waals surface area contributed by atoms with Crippen LogP contribution in [0.3, 0.4) is 0 Å². The molecule has 0 spiro atoms. The predicted octanol–water partition coefficient (Wildman–Crippen LogP) is 4.17. The first-order chi connectivity index (χ1) is 18.1. The third-order valence-electron chi connectivity index (χ3n) is 5.01. The quantitative estimate of drug-likeness (QED) is 0.330. The zero-order chi connectivity index (χ0) is 27.9. The summed E-state index contributed by atoms with van der Waals surface area (Å²) in [5.41, 5.74) is 0.507. The standard InChI is InChI=1S/C25H25N3O8S2/c1-4-35-24(31)20-15(3)19(22(30)27-25(32)36-5-2)23(37-20)26-21(29)16-11-13-17(14-12-16)28-38(33,34)18-9-7-6-8-10-18/h6-14,28H,4-5H2,1-3H3,(H,26,29)(H,27,30,32). The zero-order valence-electron chi connectivity index (χ0n) is 20.7. The summed E-state index contributed by atoms with van der Waals surface area (Å²) in [6, 6.07) is 13.4. The number of amides is 3. The lowest BCUT2D eigenvalue weighted by Gasteiger charge is -2.10. The van der Waals surface area contributed by atoms with Gasteiger partial charge >= 0.3 is 12.1 Å². The first kappa shape index (κ1) is 28.3. The van der Waals surface area contributed by atoms with Crippen molar-refractivity contribution in [2.45, 2.75) is 25.7 Å². The van der Waals surface area contributed by atoms with Gasteiger partial charge in [-0.2, -0.15) is 0 Å². The molecule has 0 saturated carbocycles. The minimum Gasteiger partial charge on any atom is -0.462 e. The number of anilines is 2. The minimum atomic E-state index is -3.81. The van der Waals surface area contributed by atoms with Crippen LogP contribution in [0.25, 0.3) is 0 Å². The summed E-state index contributed by atoms with van der Waals surface area (Å²) >= 11 is 0.823. The van der Waals surface area contributed by atoms with Crippen LogP contribution in [0.15, 0.2) is 59.5 Å². The van der Waals surface area contributed by atoms with Crippen molar-refractivity contribution in [2.75, 3.05) is 23.3 Å². The molecule has 0 saturated heterocycles. The summed E-state index contributed by atoms with van der Waals surface area (Å²) in [6.45, 7) is 4.83. The van der Waals surface area contributed by atoms with E-state index in [4.69, 9.17) is 9.47 Å². The van der Waals surface area contributed by atoms with E-state index < -0.39 is 33.9 Å². The number of esters is 1. The molecule has 0 atom stereocenters. The number of benzene rings is 2. The molecular formula is C25H25N3O8S2. The molecule has 1 aromatic heterocycles. The first-order valence-electron chi connectivity index (χ1n) is 11.3. The summed E-state index contributed by atoms with van der Waals surface area (Å²) in [7, 11) is -3.81. The van der Waals surface area contributed by atoms with Crippen molar-refractivity contribution in [1.29, 1.82) is 0 Å².